The Hall–Kier alpha value is -2.10. The topological polar surface area (TPSA) is 86.9 Å². The van der Waals surface area contributed by atoms with E-state index in [0.717, 1.165) is 36.5 Å². The Bertz CT molecular complexity index is 685. The molecule has 0 saturated carbocycles. The molecule has 7 nitrogen and oxygen atoms in total. The quantitative estimate of drug-likeness (QED) is 0.834. The van der Waals surface area contributed by atoms with E-state index in [0.29, 0.717) is 13.0 Å². The fourth-order valence-electron chi connectivity index (χ4n) is 3.61. The molecule has 27 heavy (non-hydrogen) atoms. The molecule has 10 heteroatoms. The summed E-state index contributed by atoms with van der Waals surface area (Å²) < 4.78 is 36.9. The minimum Gasteiger partial charge on any atom is -0.475 e. The lowest BCUT2D eigenvalue weighted by molar-refractivity contribution is -0.192. The summed E-state index contributed by atoms with van der Waals surface area (Å²) in [5.74, 6) is -1.67. The number of hydrogen-bond donors (Lipinski definition) is 1. The van der Waals surface area contributed by atoms with E-state index < -0.39 is 12.1 Å². The first-order chi connectivity index (χ1) is 12.5. The lowest BCUT2D eigenvalue weighted by Crippen LogP contribution is -2.51. The molecule has 2 saturated heterocycles. The second-order valence-corrected chi connectivity index (χ2v) is 7.14. The van der Waals surface area contributed by atoms with Crippen molar-refractivity contribution in [1.29, 1.82) is 0 Å². The number of aromatic nitrogens is 1. The Morgan fingerprint density at radius 3 is 2.44 bits per heavy atom. The van der Waals surface area contributed by atoms with Gasteiger partial charge in [0.25, 0.3) is 0 Å². The molecule has 1 aromatic rings. The number of rotatable bonds is 2. The van der Waals surface area contributed by atoms with Gasteiger partial charge in [-0.1, -0.05) is 11.6 Å². The average Bonchev–Trinajstić information content (AvgIpc) is 3.05. The SMILES string of the molecule is Cc1noc(C)c1CN1CC2(CCCCN2C)CC1=O.O=C(O)C(F)(F)F. The molecule has 0 aliphatic carbocycles. The highest BCUT2D eigenvalue weighted by atomic mass is 19.4. The highest BCUT2D eigenvalue weighted by Crippen LogP contribution is 2.37. The zero-order valence-electron chi connectivity index (χ0n) is 15.6. The minimum atomic E-state index is -5.08. The van der Waals surface area contributed by atoms with Gasteiger partial charge in [0.1, 0.15) is 5.76 Å². The first-order valence-electron chi connectivity index (χ1n) is 8.67. The first kappa shape index (κ1) is 21.2. The van der Waals surface area contributed by atoms with E-state index in [-0.39, 0.29) is 11.4 Å². The van der Waals surface area contributed by atoms with Crippen molar-refractivity contribution in [2.45, 2.75) is 57.8 Å². The van der Waals surface area contributed by atoms with Gasteiger partial charge in [0, 0.05) is 24.1 Å². The summed E-state index contributed by atoms with van der Waals surface area (Å²) in [5, 5.41) is 11.1. The fourth-order valence-corrected chi connectivity index (χ4v) is 3.61. The van der Waals surface area contributed by atoms with Gasteiger partial charge in [0.05, 0.1) is 12.2 Å². The number of aliphatic carboxylic acids is 1. The summed E-state index contributed by atoms with van der Waals surface area (Å²) >= 11 is 0. The van der Waals surface area contributed by atoms with E-state index in [4.69, 9.17) is 14.4 Å². The van der Waals surface area contributed by atoms with Crippen LogP contribution in [0, 0.1) is 13.8 Å². The molecule has 152 valence electrons. The molecule has 2 aliphatic heterocycles. The molecule has 2 aliphatic rings. The van der Waals surface area contributed by atoms with Crippen molar-refractivity contribution >= 4 is 11.9 Å². The molecule has 1 aromatic heterocycles. The number of carboxylic acid groups (broad SMARTS) is 1. The Morgan fingerprint density at radius 1 is 1.33 bits per heavy atom. The van der Waals surface area contributed by atoms with E-state index >= 15 is 0 Å². The summed E-state index contributed by atoms with van der Waals surface area (Å²) in [4.78, 5) is 25.7. The number of aryl methyl sites for hydroxylation is 2. The van der Waals surface area contributed by atoms with Crippen molar-refractivity contribution in [3.8, 4) is 0 Å². The number of alkyl halides is 3. The maximum absolute atomic E-state index is 12.4. The van der Waals surface area contributed by atoms with Crippen molar-refractivity contribution in [3.63, 3.8) is 0 Å². The van der Waals surface area contributed by atoms with E-state index in [2.05, 4.69) is 17.1 Å². The van der Waals surface area contributed by atoms with Gasteiger partial charge in [-0.2, -0.15) is 13.2 Å². The van der Waals surface area contributed by atoms with Crippen molar-refractivity contribution in [2.75, 3.05) is 20.1 Å². The van der Waals surface area contributed by atoms with E-state index in [1.54, 1.807) is 0 Å². The monoisotopic (exact) mass is 391 g/mol. The molecular formula is C17H24F3N3O4. The molecule has 0 radical (unpaired) electrons. The maximum atomic E-state index is 12.4. The fraction of sp³-hybridized carbons (Fsp3) is 0.706. The molecule has 1 amide bonds. The third-order valence-electron chi connectivity index (χ3n) is 5.29. The van der Waals surface area contributed by atoms with Gasteiger partial charge in [-0.15, -0.1) is 0 Å². The van der Waals surface area contributed by atoms with Crippen LogP contribution in [0.1, 0.15) is 42.7 Å². The number of halogens is 3. The van der Waals surface area contributed by atoms with Gasteiger partial charge < -0.3 is 14.5 Å². The van der Waals surface area contributed by atoms with Gasteiger partial charge in [0.2, 0.25) is 5.91 Å². The van der Waals surface area contributed by atoms with Crippen LogP contribution in [0.3, 0.4) is 0 Å². The summed E-state index contributed by atoms with van der Waals surface area (Å²) in [7, 11) is 2.16. The highest BCUT2D eigenvalue weighted by Gasteiger charge is 2.46. The smallest absolute Gasteiger partial charge is 0.475 e. The normalized spacial score (nSPS) is 23.5. The predicted molar refractivity (Wildman–Crippen MR) is 88.9 cm³/mol. The number of hydrogen-bond acceptors (Lipinski definition) is 5. The van der Waals surface area contributed by atoms with Crippen LogP contribution in [0.4, 0.5) is 13.2 Å². The van der Waals surface area contributed by atoms with Gasteiger partial charge in [-0.05, 0) is 40.3 Å². The zero-order chi connectivity index (χ0) is 20.4. The number of amides is 1. The zero-order valence-corrected chi connectivity index (χ0v) is 15.6. The Labute approximate surface area is 155 Å². The average molecular weight is 391 g/mol. The molecule has 1 atom stereocenters. The maximum Gasteiger partial charge on any atom is 0.490 e. The van der Waals surface area contributed by atoms with E-state index in [1.807, 2.05) is 18.7 Å². The van der Waals surface area contributed by atoms with Gasteiger partial charge in [-0.3, -0.25) is 9.69 Å². The standard InChI is InChI=1S/C15H23N3O2.C2HF3O2/c1-11-13(12(2)20-16-11)9-18-10-15(8-14(18)19)6-4-5-7-17(15)3;3-2(4,5)1(6)7/h4-10H2,1-3H3;(H,6,7). The summed E-state index contributed by atoms with van der Waals surface area (Å²) in [6, 6.07) is 0. The minimum absolute atomic E-state index is 0.0638. The van der Waals surface area contributed by atoms with Crippen LogP contribution in [-0.2, 0) is 16.1 Å². The first-order valence-corrected chi connectivity index (χ1v) is 8.67. The number of carboxylic acids is 1. The molecule has 1 spiro atoms. The predicted octanol–water partition coefficient (Wildman–Crippen LogP) is 2.51. The van der Waals surface area contributed by atoms with Crippen molar-refractivity contribution in [1.82, 2.24) is 15.0 Å². The lowest BCUT2D eigenvalue weighted by Gasteiger charge is -2.42. The molecule has 3 rings (SSSR count). The summed E-state index contributed by atoms with van der Waals surface area (Å²) in [5.41, 5.74) is 2.02. The molecule has 3 heterocycles. The molecule has 0 bridgehead atoms. The molecule has 1 N–H and O–H groups in total. The highest BCUT2D eigenvalue weighted by molar-refractivity contribution is 5.80. The van der Waals surface area contributed by atoms with Crippen LogP contribution in [-0.4, -0.2) is 63.8 Å². The second-order valence-electron chi connectivity index (χ2n) is 7.14. The third-order valence-corrected chi connectivity index (χ3v) is 5.29. The van der Waals surface area contributed by atoms with Crippen LogP contribution in [0.25, 0.3) is 0 Å². The number of carbonyl (C=O) groups excluding carboxylic acids is 1. The Balaban J connectivity index is 0.000000321. The van der Waals surface area contributed by atoms with Gasteiger partial charge in [0.15, 0.2) is 0 Å². The van der Waals surface area contributed by atoms with Gasteiger partial charge >= 0.3 is 12.1 Å². The summed E-state index contributed by atoms with van der Waals surface area (Å²) in [6.07, 6.45) is -0.812. The van der Waals surface area contributed by atoms with Crippen molar-refractivity contribution in [2.24, 2.45) is 0 Å². The number of piperidine rings is 1. The Kier molecular flexibility index (Phi) is 6.18. The number of likely N-dealkylation sites (N-methyl/N-ethyl adjacent to an activating group) is 1. The summed E-state index contributed by atoms with van der Waals surface area (Å²) in [6.45, 7) is 6.43. The van der Waals surface area contributed by atoms with E-state index in [9.17, 15) is 18.0 Å². The van der Waals surface area contributed by atoms with Crippen LogP contribution < -0.4 is 0 Å². The Morgan fingerprint density at radius 2 is 1.96 bits per heavy atom. The molecule has 1 unspecified atom stereocenters. The largest absolute Gasteiger partial charge is 0.490 e. The lowest BCUT2D eigenvalue weighted by atomic mass is 9.86. The number of nitrogens with zero attached hydrogens (tertiary/aromatic N) is 3. The number of carbonyl (C=O) groups is 2. The van der Waals surface area contributed by atoms with E-state index in [1.165, 1.54) is 12.8 Å². The molecule has 2 fully saturated rings. The van der Waals surface area contributed by atoms with Crippen molar-refractivity contribution < 1.29 is 32.4 Å². The van der Waals surface area contributed by atoms with Crippen LogP contribution in [0.2, 0.25) is 0 Å². The van der Waals surface area contributed by atoms with Crippen molar-refractivity contribution in [3.05, 3.63) is 17.0 Å². The number of likely N-dealkylation sites (tertiary alicyclic amines) is 2. The van der Waals surface area contributed by atoms with Crippen LogP contribution in [0.15, 0.2) is 4.52 Å². The van der Waals surface area contributed by atoms with Crippen LogP contribution >= 0.6 is 0 Å². The molecular weight excluding hydrogens is 367 g/mol. The third kappa shape index (κ3) is 4.79. The van der Waals surface area contributed by atoms with Gasteiger partial charge in [-0.25, -0.2) is 4.79 Å². The molecule has 0 aromatic carbocycles. The van der Waals surface area contributed by atoms with Crippen LogP contribution in [0.5, 0.6) is 0 Å². The second kappa shape index (κ2) is 7.87.